The molecule has 1 heterocycles. The number of amides is 1. The van der Waals surface area contributed by atoms with Gasteiger partial charge in [0.1, 0.15) is 4.60 Å². The van der Waals surface area contributed by atoms with Crippen molar-refractivity contribution in [2.75, 3.05) is 5.32 Å². The Kier molecular flexibility index (Phi) is 3.95. The van der Waals surface area contributed by atoms with Crippen LogP contribution in [0.1, 0.15) is 27.0 Å². The normalized spacial score (nSPS) is 10.3. The first kappa shape index (κ1) is 13.7. The molecule has 0 saturated carbocycles. The van der Waals surface area contributed by atoms with Gasteiger partial charge in [-0.1, -0.05) is 17.7 Å². The molecule has 98 valence electrons. The maximum absolute atomic E-state index is 12.3. The van der Waals surface area contributed by atoms with Gasteiger partial charge in [0.15, 0.2) is 5.82 Å². The van der Waals surface area contributed by atoms with Crippen molar-refractivity contribution in [1.82, 2.24) is 9.97 Å². The quantitative estimate of drug-likeness (QED) is 0.922. The summed E-state index contributed by atoms with van der Waals surface area (Å²) in [5, 5.41) is 2.75. The molecule has 5 heteroatoms. The highest BCUT2D eigenvalue weighted by Crippen LogP contribution is 2.17. The fourth-order valence-electron chi connectivity index (χ4n) is 2.09. The molecule has 1 aromatic carbocycles. The zero-order chi connectivity index (χ0) is 14.0. The Labute approximate surface area is 120 Å². The van der Waals surface area contributed by atoms with Gasteiger partial charge in [0.05, 0.1) is 12.4 Å². The lowest BCUT2D eigenvalue weighted by molar-refractivity contribution is 0.102. The van der Waals surface area contributed by atoms with E-state index >= 15 is 0 Å². The number of hydrogen-bond acceptors (Lipinski definition) is 3. The van der Waals surface area contributed by atoms with Crippen LogP contribution in [0, 0.1) is 20.8 Å². The molecule has 19 heavy (non-hydrogen) atoms. The lowest BCUT2D eigenvalue weighted by atomic mass is 9.99. The molecule has 2 rings (SSSR count). The monoisotopic (exact) mass is 319 g/mol. The second kappa shape index (κ2) is 5.48. The van der Waals surface area contributed by atoms with E-state index in [1.54, 1.807) is 6.20 Å². The van der Waals surface area contributed by atoms with Gasteiger partial charge in [0.25, 0.3) is 5.91 Å². The third kappa shape index (κ3) is 3.17. The number of rotatable bonds is 2. The summed E-state index contributed by atoms with van der Waals surface area (Å²) in [5.41, 5.74) is 3.76. The lowest BCUT2D eigenvalue weighted by Gasteiger charge is -2.11. The van der Waals surface area contributed by atoms with E-state index in [9.17, 15) is 4.79 Å². The van der Waals surface area contributed by atoms with E-state index in [2.05, 4.69) is 31.2 Å². The lowest BCUT2D eigenvalue weighted by Crippen LogP contribution is -2.16. The van der Waals surface area contributed by atoms with E-state index in [1.807, 2.05) is 32.9 Å². The molecule has 0 fully saturated rings. The number of aromatic nitrogens is 2. The molecule has 0 spiro atoms. The minimum atomic E-state index is -0.161. The highest BCUT2D eigenvalue weighted by Gasteiger charge is 2.13. The number of anilines is 1. The van der Waals surface area contributed by atoms with Crippen molar-refractivity contribution in [2.45, 2.75) is 20.8 Å². The molecule has 2 aromatic rings. The van der Waals surface area contributed by atoms with Gasteiger partial charge >= 0.3 is 0 Å². The molecular formula is C14H14BrN3O. The average Bonchev–Trinajstić information content (AvgIpc) is 2.30. The number of carbonyl (C=O) groups is 1. The molecule has 1 aromatic heterocycles. The van der Waals surface area contributed by atoms with Crippen molar-refractivity contribution < 1.29 is 4.79 Å². The first-order valence-electron chi connectivity index (χ1n) is 5.84. The molecule has 4 nitrogen and oxygen atoms in total. The van der Waals surface area contributed by atoms with Gasteiger partial charge in [0.2, 0.25) is 0 Å². The van der Waals surface area contributed by atoms with E-state index in [4.69, 9.17) is 0 Å². The number of nitrogens with one attached hydrogen (secondary N) is 1. The van der Waals surface area contributed by atoms with Crippen LogP contribution in [-0.4, -0.2) is 15.9 Å². The van der Waals surface area contributed by atoms with Gasteiger partial charge in [-0.25, -0.2) is 9.97 Å². The van der Waals surface area contributed by atoms with Crippen LogP contribution in [-0.2, 0) is 0 Å². The van der Waals surface area contributed by atoms with Crippen LogP contribution < -0.4 is 5.32 Å². The molecule has 0 saturated heterocycles. The predicted octanol–water partition coefficient (Wildman–Crippen LogP) is 3.42. The van der Waals surface area contributed by atoms with Crippen LogP contribution in [0.25, 0.3) is 0 Å². The van der Waals surface area contributed by atoms with Crippen LogP contribution >= 0.6 is 15.9 Å². The van der Waals surface area contributed by atoms with Crippen LogP contribution in [0.5, 0.6) is 0 Å². The first-order chi connectivity index (χ1) is 8.97. The molecule has 1 N–H and O–H groups in total. The van der Waals surface area contributed by atoms with E-state index in [0.29, 0.717) is 16.0 Å². The number of benzene rings is 1. The second-order valence-electron chi connectivity index (χ2n) is 4.45. The van der Waals surface area contributed by atoms with Gasteiger partial charge in [-0.3, -0.25) is 4.79 Å². The fraction of sp³-hybridized carbons (Fsp3) is 0.214. The third-order valence-corrected chi connectivity index (χ3v) is 3.18. The summed E-state index contributed by atoms with van der Waals surface area (Å²) in [5.74, 6) is 0.277. The summed E-state index contributed by atoms with van der Waals surface area (Å²) in [4.78, 5) is 20.4. The van der Waals surface area contributed by atoms with E-state index in [1.165, 1.54) is 6.20 Å². The van der Waals surface area contributed by atoms with Crippen molar-refractivity contribution in [2.24, 2.45) is 0 Å². The molecule has 0 unspecified atom stereocenters. The van der Waals surface area contributed by atoms with Crippen molar-refractivity contribution in [3.8, 4) is 0 Å². The van der Waals surface area contributed by atoms with Crippen LogP contribution in [0.3, 0.4) is 0 Å². The van der Waals surface area contributed by atoms with Crippen molar-refractivity contribution in [3.05, 3.63) is 51.4 Å². The summed E-state index contributed by atoms with van der Waals surface area (Å²) in [7, 11) is 0. The molecular weight excluding hydrogens is 306 g/mol. The Balaban J connectivity index is 2.28. The first-order valence-corrected chi connectivity index (χ1v) is 6.63. The SMILES string of the molecule is Cc1cc(C)c(C(=O)Nc2cnc(Br)cn2)c(C)c1. The molecule has 1 amide bonds. The minimum Gasteiger partial charge on any atom is -0.305 e. The minimum absolute atomic E-state index is 0.161. The zero-order valence-corrected chi connectivity index (χ0v) is 12.6. The number of aryl methyl sites for hydroxylation is 3. The summed E-state index contributed by atoms with van der Waals surface area (Å²) in [6, 6.07) is 3.99. The molecule has 0 aliphatic carbocycles. The number of halogens is 1. The highest BCUT2D eigenvalue weighted by molar-refractivity contribution is 9.10. The van der Waals surface area contributed by atoms with E-state index in [0.717, 1.165) is 16.7 Å². The van der Waals surface area contributed by atoms with Crippen LogP contribution in [0.15, 0.2) is 29.1 Å². The summed E-state index contributed by atoms with van der Waals surface area (Å²) in [6.45, 7) is 5.88. The van der Waals surface area contributed by atoms with Gasteiger partial charge < -0.3 is 5.32 Å². The predicted molar refractivity (Wildman–Crippen MR) is 78.3 cm³/mol. The van der Waals surface area contributed by atoms with Crippen LogP contribution in [0.4, 0.5) is 5.82 Å². The second-order valence-corrected chi connectivity index (χ2v) is 5.26. The van der Waals surface area contributed by atoms with Gasteiger partial charge in [-0.05, 0) is 47.8 Å². The Morgan fingerprint density at radius 1 is 1.11 bits per heavy atom. The van der Waals surface area contributed by atoms with Gasteiger partial charge in [-0.2, -0.15) is 0 Å². The van der Waals surface area contributed by atoms with E-state index in [-0.39, 0.29) is 5.91 Å². The zero-order valence-electron chi connectivity index (χ0n) is 11.0. The maximum Gasteiger partial charge on any atom is 0.257 e. The molecule has 0 aliphatic rings. The van der Waals surface area contributed by atoms with Gasteiger partial charge in [-0.15, -0.1) is 0 Å². The summed E-state index contributed by atoms with van der Waals surface area (Å²) >= 11 is 3.20. The standard InChI is InChI=1S/C14H14BrN3O/c1-8-4-9(2)13(10(3)5-8)14(19)18-12-7-16-11(15)6-17-12/h4-7H,1-3H3,(H,17,18,19). The van der Waals surface area contributed by atoms with Crippen molar-refractivity contribution in [1.29, 1.82) is 0 Å². The Morgan fingerprint density at radius 2 is 1.74 bits per heavy atom. The highest BCUT2D eigenvalue weighted by atomic mass is 79.9. The maximum atomic E-state index is 12.3. The smallest absolute Gasteiger partial charge is 0.257 e. The molecule has 0 radical (unpaired) electrons. The van der Waals surface area contributed by atoms with Gasteiger partial charge in [0, 0.05) is 5.56 Å². The summed E-state index contributed by atoms with van der Waals surface area (Å²) in [6.07, 6.45) is 3.06. The molecule has 0 bridgehead atoms. The topological polar surface area (TPSA) is 54.9 Å². The largest absolute Gasteiger partial charge is 0.305 e. The van der Waals surface area contributed by atoms with Crippen molar-refractivity contribution >= 4 is 27.7 Å². The Hall–Kier alpha value is -1.75. The Morgan fingerprint density at radius 3 is 2.26 bits per heavy atom. The molecule has 0 atom stereocenters. The Bertz CT molecular complexity index is 600. The van der Waals surface area contributed by atoms with E-state index < -0.39 is 0 Å². The number of carbonyl (C=O) groups excluding carboxylic acids is 1. The summed E-state index contributed by atoms with van der Waals surface area (Å²) < 4.78 is 0.633. The molecule has 0 aliphatic heterocycles. The third-order valence-electron chi connectivity index (χ3n) is 2.77. The number of nitrogens with zero attached hydrogens (tertiary/aromatic N) is 2. The van der Waals surface area contributed by atoms with Crippen molar-refractivity contribution in [3.63, 3.8) is 0 Å². The van der Waals surface area contributed by atoms with Crippen LogP contribution in [0.2, 0.25) is 0 Å². The fourth-order valence-corrected chi connectivity index (χ4v) is 2.30. The number of hydrogen-bond donors (Lipinski definition) is 1. The average molecular weight is 320 g/mol.